The largest absolute Gasteiger partial charge is 0.480 e. The molecule has 1 unspecified atom stereocenters. The molecule has 0 aliphatic carbocycles. The summed E-state index contributed by atoms with van der Waals surface area (Å²) in [4.78, 5) is 32.8. The van der Waals surface area contributed by atoms with E-state index >= 15 is 0 Å². The number of primary amides is 1. The average molecular weight is 293 g/mol. The summed E-state index contributed by atoms with van der Waals surface area (Å²) in [5, 5.41) is 13.5. The number of carboxylic acids is 1. The lowest BCUT2D eigenvalue weighted by Crippen LogP contribution is -2.46. The van der Waals surface area contributed by atoms with Gasteiger partial charge in [0, 0.05) is 35.8 Å². The van der Waals surface area contributed by atoms with E-state index in [1.807, 2.05) is 0 Å². The van der Waals surface area contributed by atoms with Crippen LogP contribution >= 0.6 is 0 Å². The Morgan fingerprint density at radius 2 is 2.00 bits per heavy atom. The fraction of sp³-hybridized carbons (Fsp3) is 0.700. The van der Waals surface area contributed by atoms with Crippen molar-refractivity contribution < 1.29 is 23.7 Å². The van der Waals surface area contributed by atoms with Crippen molar-refractivity contribution in [3.63, 3.8) is 0 Å². The van der Waals surface area contributed by atoms with Gasteiger partial charge in [0.15, 0.2) is 0 Å². The van der Waals surface area contributed by atoms with Gasteiger partial charge in [-0.3, -0.25) is 9.00 Å². The van der Waals surface area contributed by atoms with E-state index in [9.17, 15) is 18.6 Å². The fourth-order valence-electron chi connectivity index (χ4n) is 1.23. The maximum absolute atomic E-state index is 11.4. The molecule has 2 atom stereocenters. The molecule has 0 aliphatic rings. The normalized spacial score (nSPS) is 13.3. The molecule has 0 aromatic heterocycles. The Morgan fingerprint density at radius 1 is 1.37 bits per heavy atom. The lowest BCUT2D eigenvalue weighted by Gasteiger charge is -2.14. The minimum atomic E-state index is -1.23. The predicted molar refractivity (Wildman–Crippen MR) is 69.9 cm³/mol. The van der Waals surface area contributed by atoms with E-state index < -0.39 is 34.7 Å². The second-order valence-electron chi connectivity index (χ2n) is 3.93. The van der Waals surface area contributed by atoms with Gasteiger partial charge in [-0.05, 0) is 12.8 Å². The third-order valence-electron chi connectivity index (χ3n) is 2.18. The minimum absolute atomic E-state index is 0.0585. The first-order valence-corrected chi connectivity index (χ1v) is 7.41. The first-order chi connectivity index (χ1) is 8.82. The van der Waals surface area contributed by atoms with Crippen molar-refractivity contribution in [2.24, 2.45) is 5.73 Å². The van der Waals surface area contributed by atoms with E-state index in [-0.39, 0.29) is 12.8 Å². The lowest BCUT2D eigenvalue weighted by atomic mass is 10.1. The summed E-state index contributed by atoms with van der Waals surface area (Å²) in [5.41, 5.74) is 4.91. The van der Waals surface area contributed by atoms with Gasteiger partial charge in [0.25, 0.3) is 0 Å². The second kappa shape index (κ2) is 9.31. The molecule has 0 saturated heterocycles. The van der Waals surface area contributed by atoms with Gasteiger partial charge in [-0.1, -0.05) is 0 Å². The maximum Gasteiger partial charge on any atom is 0.326 e. The maximum atomic E-state index is 11.4. The Bertz CT molecular complexity index is 361. The zero-order valence-corrected chi connectivity index (χ0v) is 11.5. The van der Waals surface area contributed by atoms with Crippen LogP contribution in [0.5, 0.6) is 0 Å². The van der Waals surface area contributed by atoms with E-state index in [0.717, 1.165) is 0 Å². The van der Waals surface area contributed by atoms with E-state index in [1.165, 1.54) is 0 Å². The van der Waals surface area contributed by atoms with E-state index in [0.29, 0.717) is 18.7 Å². The number of carbonyl (C=O) groups excluding carboxylic acids is 2. The SMILES string of the molecule is CS(=O)CCCNC(=O)N[C@@H](CCC(N)=O)C(=O)O. The highest BCUT2D eigenvalue weighted by molar-refractivity contribution is 7.84. The second-order valence-corrected chi connectivity index (χ2v) is 5.48. The number of hydrogen-bond donors (Lipinski definition) is 4. The van der Waals surface area contributed by atoms with Gasteiger partial charge in [0.05, 0.1) is 0 Å². The topological polar surface area (TPSA) is 139 Å². The molecular formula is C10H19N3O5S. The van der Waals surface area contributed by atoms with Crippen LogP contribution < -0.4 is 16.4 Å². The van der Waals surface area contributed by atoms with Gasteiger partial charge < -0.3 is 21.5 Å². The monoisotopic (exact) mass is 293 g/mol. The molecule has 0 bridgehead atoms. The van der Waals surface area contributed by atoms with Gasteiger partial charge in [-0.15, -0.1) is 0 Å². The summed E-state index contributed by atoms with van der Waals surface area (Å²) in [7, 11) is -0.924. The minimum Gasteiger partial charge on any atom is -0.480 e. The number of nitrogens with one attached hydrogen (secondary N) is 2. The van der Waals surface area contributed by atoms with Crippen LogP contribution in [-0.4, -0.2) is 51.8 Å². The van der Waals surface area contributed by atoms with Crippen LogP contribution in [-0.2, 0) is 20.4 Å². The number of carboxylic acid groups (broad SMARTS) is 1. The highest BCUT2D eigenvalue weighted by Crippen LogP contribution is 1.97. The van der Waals surface area contributed by atoms with Crippen molar-refractivity contribution in [3.05, 3.63) is 0 Å². The third-order valence-corrected chi connectivity index (χ3v) is 3.04. The van der Waals surface area contributed by atoms with Crippen molar-refractivity contribution in [2.75, 3.05) is 18.6 Å². The number of nitrogens with two attached hydrogens (primary N) is 1. The zero-order valence-electron chi connectivity index (χ0n) is 10.7. The Hall–Kier alpha value is -1.64. The fourth-order valence-corrected chi connectivity index (χ4v) is 1.78. The van der Waals surface area contributed by atoms with Crippen molar-refractivity contribution in [1.82, 2.24) is 10.6 Å². The summed E-state index contributed by atoms with van der Waals surface area (Å²) >= 11 is 0. The molecule has 110 valence electrons. The molecule has 3 amide bonds. The number of hydrogen-bond acceptors (Lipinski definition) is 4. The van der Waals surface area contributed by atoms with E-state index in [4.69, 9.17) is 10.8 Å². The molecular weight excluding hydrogens is 274 g/mol. The number of aliphatic carboxylic acids is 1. The molecule has 0 aliphatic heterocycles. The first-order valence-electron chi connectivity index (χ1n) is 5.68. The summed E-state index contributed by atoms with van der Waals surface area (Å²) in [6.45, 7) is 0.299. The molecule has 0 saturated carbocycles. The number of amides is 3. The third kappa shape index (κ3) is 10.0. The molecule has 19 heavy (non-hydrogen) atoms. The molecule has 0 heterocycles. The van der Waals surface area contributed by atoms with Gasteiger partial charge >= 0.3 is 12.0 Å². The van der Waals surface area contributed by atoms with Crippen LogP contribution in [0.4, 0.5) is 4.79 Å². The summed E-state index contributed by atoms with van der Waals surface area (Å²) in [6.07, 6.45) is 1.92. The van der Waals surface area contributed by atoms with Crippen LogP contribution in [0.1, 0.15) is 19.3 Å². The molecule has 9 heteroatoms. The zero-order chi connectivity index (χ0) is 14.8. The quantitative estimate of drug-likeness (QED) is 0.394. The highest BCUT2D eigenvalue weighted by Gasteiger charge is 2.20. The van der Waals surface area contributed by atoms with Crippen LogP contribution in [0.25, 0.3) is 0 Å². The molecule has 0 aromatic rings. The molecule has 0 radical (unpaired) electrons. The predicted octanol–water partition coefficient (Wildman–Crippen LogP) is -1.23. The van der Waals surface area contributed by atoms with Gasteiger partial charge in [0.2, 0.25) is 5.91 Å². The van der Waals surface area contributed by atoms with Crippen LogP contribution in [0.3, 0.4) is 0 Å². The molecule has 0 spiro atoms. The Balaban J connectivity index is 3.99. The first kappa shape index (κ1) is 17.4. The van der Waals surface area contributed by atoms with Crippen molar-refractivity contribution in [1.29, 1.82) is 0 Å². The number of carbonyl (C=O) groups is 3. The average Bonchev–Trinajstić information content (AvgIpc) is 2.29. The summed E-state index contributed by atoms with van der Waals surface area (Å²) < 4.78 is 10.8. The lowest BCUT2D eigenvalue weighted by molar-refractivity contribution is -0.139. The van der Waals surface area contributed by atoms with Crippen molar-refractivity contribution in [2.45, 2.75) is 25.3 Å². The Morgan fingerprint density at radius 3 is 2.47 bits per heavy atom. The van der Waals surface area contributed by atoms with Gasteiger partial charge in [-0.2, -0.15) is 0 Å². The summed E-state index contributed by atoms with van der Waals surface area (Å²) in [6, 6.07) is -1.80. The number of rotatable bonds is 9. The molecule has 5 N–H and O–H groups in total. The molecule has 0 aromatic carbocycles. The molecule has 0 rings (SSSR count). The van der Waals surface area contributed by atoms with Crippen molar-refractivity contribution in [3.8, 4) is 0 Å². The number of urea groups is 1. The van der Waals surface area contributed by atoms with Crippen LogP contribution in [0.2, 0.25) is 0 Å². The standard InChI is InChI=1S/C10H19N3O5S/c1-19(18)6-2-5-12-10(17)13-7(9(15)16)3-4-8(11)14/h7H,2-6H2,1H3,(H2,11,14)(H,15,16)(H2,12,13,17)/t7-,19?/m0/s1. The van der Waals surface area contributed by atoms with E-state index in [1.54, 1.807) is 6.26 Å². The van der Waals surface area contributed by atoms with Gasteiger partial charge in [0.1, 0.15) is 6.04 Å². The van der Waals surface area contributed by atoms with Crippen LogP contribution in [0.15, 0.2) is 0 Å². The smallest absolute Gasteiger partial charge is 0.326 e. The Labute approximate surface area is 113 Å². The molecule has 0 fully saturated rings. The Kier molecular flexibility index (Phi) is 8.51. The van der Waals surface area contributed by atoms with Gasteiger partial charge in [-0.25, -0.2) is 9.59 Å². The summed E-state index contributed by atoms with van der Waals surface area (Å²) in [5.74, 6) is -1.39. The van der Waals surface area contributed by atoms with Crippen LogP contribution in [0, 0.1) is 0 Å². The van der Waals surface area contributed by atoms with Crippen molar-refractivity contribution >= 4 is 28.7 Å². The van der Waals surface area contributed by atoms with E-state index in [2.05, 4.69) is 10.6 Å². The highest BCUT2D eigenvalue weighted by atomic mass is 32.2. The molecule has 8 nitrogen and oxygen atoms in total.